The number of hydrogen-bond donors (Lipinski definition) is 3. The lowest BCUT2D eigenvalue weighted by molar-refractivity contribution is 0.0937. The first-order valence-corrected chi connectivity index (χ1v) is 12.5. The molecule has 3 N–H and O–H groups in total. The van der Waals surface area contributed by atoms with Crippen LogP contribution in [0.25, 0.3) is 0 Å². The minimum Gasteiger partial charge on any atom is -0.495 e. The number of halogens is 2. The normalized spacial score (nSPS) is 13.1. The van der Waals surface area contributed by atoms with Crippen molar-refractivity contribution in [3.63, 3.8) is 0 Å². The van der Waals surface area contributed by atoms with Crippen LogP contribution in [0.1, 0.15) is 10.4 Å². The van der Waals surface area contributed by atoms with E-state index in [0.29, 0.717) is 43.6 Å². The van der Waals surface area contributed by atoms with E-state index in [1.165, 1.54) is 0 Å². The Balaban J connectivity index is 1.50. The monoisotopic (exact) mass is 539 g/mol. The van der Waals surface area contributed by atoms with Crippen LogP contribution in [0.2, 0.25) is 0 Å². The van der Waals surface area contributed by atoms with Gasteiger partial charge in [0.25, 0.3) is 5.91 Å². The van der Waals surface area contributed by atoms with Crippen molar-refractivity contribution in [2.75, 3.05) is 74.0 Å². The molecular formula is C28H31F2N5O4. The Kier molecular flexibility index (Phi) is 9.16. The fourth-order valence-corrected chi connectivity index (χ4v) is 4.39. The van der Waals surface area contributed by atoms with Gasteiger partial charge in [0.2, 0.25) is 0 Å². The number of benzene rings is 3. The topological polar surface area (TPSA) is 95.2 Å². The number of methoxy groups -OCH3 is 2. The molecule has 9 nitrogen and oxygen atoms in total. The molecule has 206 valence electrons. The Hall–Kier alpha value is -4.38. The molecule has 0 aromatic heterocycles. The van der Waals surface area contributed by atoms with Crippen LogP contribution < -0.4 is 30.5 Å². The lowest BCUT2D eigenvalue weighted by atomic mass is 10.1. The highest BCUT2D eigenvalue weighted by atomic mass is 19.1. The molecule has 0 radical (unpaired) electrons. The summed E-state index contributed by atoms with van der Waals surface area (Å²) >= 11 is 0. The molecule has 0 spiro atoms. The zero-order valence-electron chi connectivity index (χ0n) is 21.8. The molecule has 3 aromatic rings. The zero-order valence-corrected chi connectivity index (χ0v) is 21.8. The molecule has 1 heterocycles. The van der Waals surface area contributed by atoms with Gasteiger partial charge in [0.05, 0.1) is 30.7 Å². The summed E-state index contributed by atoms with van der Waals surface area (Å²) in [6, 6.07) is 15.0. The third kappa shape index (κ3) is 6.94. The first-order valence-electron chi connectivity index (χ1n) is 12.5. The molecule has 4 rings (SSSR count). The summed E-state index contributed by atoms with van der Waals surface area (Å²) in [6.07, 6.45) is 0. The van der Waals surface area contributed by atoms with E-state index in [2.05, 4.69) is 25.8 Å². The standard InChI is InChI=1S/C28H31F2N5O4/c1-38-16-11-31-27(36)21-18-20(32-28(37)33-23-9-7-19(29)17-22(23)30)8-10-24(21)34-12-14-35(15-13-34)25-5-3-4-6-26(25)39-2/h3-10,17-18H,11-16H2,1-2H3,(H,31,36)(H2,32,33,37). The average molecular weight is 540 g/mol. The summed E-state index contributed by atoms with van der Waals surface area (Å²) < 4.78 is 37.7. The van der Waals surface area contributed by atoms with Crippen LogP contribution >= 0.6 is 0 Å². The van der Waals surface area contributed by atoms with Gasteiger partial charge in [-0.05, 0) is 42.5 Å². The van der Waals surface area contributed by atoms with E-state index in [0.717, 1.165) is 42.3 Å². The molecule has 1 saturated heterocycles. The molecule has 3 aromatic carbocycles. The van der Waals surface area contributed by atoms with Gasteiger partial charge in [-0.1, -0.05) is 12.1 Å². The first kappa shape index (κ1) is 27.6. The van der Waals surface area contributed by atoms with E-state index in [9.17, 15) is 18.4 Å². The Morgan fingerprint density at radius 3 is 2.28 bits per heavy atom. The average Bonchev–Trinajstić information content (AvgIpc) is 2.94. The van der Waals surface area contributed by atoms with Crippen LogP contribution in [-0.2, 0) is 4.74 Å². The Labute approximate surface area is 225 Å². The second-order valence-corrected chi connectivity index (χ2v) is 8.83. The molecule has 0 saturated carbocycles. The lowest BCUT2D eigenvalue weighted by Crippen LogP contribution is -2.47. The number of piperazine rings is 1. The maximum Gasteiger partial charge on any atom is 0.323 e. The summed E-state index contributed by atoms with van der Waals surface area (Å²) in [5.41, 5.74) is 2.28. The number of carbonyl (C=O) groups is 2. The van der Waals surface area contributed by atoms with Crippen molar-refractivity contribution in [3.05, 3.63) is 77.9 Å². The van der Waals surface area contributed by atoms with E-state index in [-0.39, 0.29) is 11.6 Å². The highest BCUT2D eigenvalue weighted by molar-refractivity contribution is 6.04. The first-order chi connectivity index (χ1) is 18.9. The van der Waals surface area contributed by atoms with Gasteiger partial charge in [-0.2, -0.15) is 0 Å². The number of nitrogens with one attached hydrogen (secondary N) is 3. The van der Waals surface area contributed by atoms with E-state index < -0.39 is 17.7 Å². The number of anilines is 4. The maximum absolute atomic E-state index is 13.9. The molecule has 0 aliphatic carbocycles. The number of nitrogens with zero attached hydrogens (tertiary/aromatic N) is 2. The van der Waals surface area contributed by atoms with Crippen LogP contribution in [0.15, 0.2) is 60.7 Å². The van der Waals surface area contributed by atoms with E-state index >= 15 is 0 Å². The van der Waals surface area contributed by atoms with Crippen molar-refractivity contribution in [1.82, 2.24) is 5.32 Å². The summed E-state index contributed by atoms with van der Waals surface area (Å²) in [6.45, 7) is 3.43. The molecule has 0 bridgehead atoms. The number of urea groups is 1. The molecule has 1 aliphatic heterocycles. The van der Waals surface area contributed by atoms with Crippen LogP contribution in [0.3, 0.4) is 0 Å². The largest absolute Gasteiger partial charge is 0.495 e. The minimum atomic E-state index is -0.897. The predicted molar refractivity (Wildman–Crippen MR) is 147 cm³/mol. The van der Waals surface area contributed by atoms with E-state index in [1.807, 2.05) is 24.3 Å². The molecule has 0 atom stereocenters. The summed E-state index contributed by atoms with van der Waals surface area (Å²) in [5, 5.41) is 7.79. The number of hydrogen-bond acceptors (Lipinski definition) is 6. The van der Waals surface area contributed by atoms with E-state index in [1.54, 1.807) is 32.4 Å². The van der Waals surface area contributed by atoms with Gasteiger partial charge in [0, 0.05) is 57.3 Å². The Morgan fingerprint density at radius 2 is 1.59 bits per heavy atom. The SMILES string of the molecule is COCCNC(=O)c1cc(NC(=O)Nc2ccc(F)cc2F)ccc1N1CCN(c2ccccc2OC)CC1. The van der Waals surface area contributed by atoms with Crippen molar-refractivity contribution in [2.45, 2.75) is 0 Å². The molecule has 3 amide bonds. The van der Waals surface area contributed by atoms with E-state index in [4.69, 9.17) is 9.47 Å². The second kappa shape index (κ2) is 12.9. The van der Waals surface area contributed by atoms with Gasteiger partial charge in [0.1, 0.15) is 17.4 Å². The summed E-state index contributed by atoms with van der Waals surface area (Å²) in [7, 11) is 3.20. The summed E-state index contributed by atoms with van der Waals surface area (Å²) in [5.74, 6) is -1.16. The van der Waals surface area contributed by atoms with Crippen molar-refractivity contribution in [2.24, 2.45) is 0 Å². The van der Waals surface area contributed by atoms with Crippen LogP contribution in [-0.4, -0.2) is 65.5 Å². The van der Waals surface area contributed by atoms with Gasteiger partial charge in [-0.3, -0.25) is 4.79 Å². The number of amides is 3. The Morgan fingerprint density at radius 1 is 0.872 bits per heavy atom. The maximum atomic E-state index is 13.9. The van der Waals surface area contributed by atoms with Crippen molar-refractivity contribution in [3.8, 4) is 5.75 Å². The quantitative estimate of drug-likeness (QED) is 0.351. The number of carbonyl (C=O) groups excluding carboxylic acids is 2. The zero-order chi connectivity index (χ0) is 27.8. The predicted octanol–water partition coefficient (Wildman–Crippen LogP) is 4.32. The fourth-order valence-electron chi connectivity index (χ4n) is 4.39. The molecule has 1 aliphatic rings. The van der Waals surface area contributed by atoms with Gasteiger partial charge >= 0.3 is 6.03 Å². The highest BCUT2D eigenvalue weighted by Gasteiger charge is 2.24. The van der Waals surface area contributed by atoms with Gasteiger partial charge in [-0.15, -0.1) is 0 Å². The van der Waals surface area contributed by atoms with Crippen molar-refractivity contribution >= 4 is 34.7 Å². The van der Waals surface area contributed by atoms with Gasteiger partial charge in [0.15, 0.2) is 0 Å². The second-order valence-electron chi connectivity index (χ2n) is 8.83. The van der Waals surface area contributed by atoms with Crippen LogP contribution in [0.5, 0.6) is 5.75 Å². The molecule has 0 unspecified atom stereocenters. The minimum absolute atomic E-state index is 0.170. The smallest absolute Gasteiger partial charge is 0.323 e. The number of para-hydroxylation sites is 2. The van der Waals surface area contributed by atoms with Gasteiger partial charge in [-0.25, -0.2) is 13.6 Å². The molecule has 11 heteroatoms. The molecular weight excluding hydrogens is 508 g/mol. The van der Waals surface area contributed by atoms with Crippen molar-refractivity contribution < 1.29 is 27.8 Å². The molecule has 39 heavy (non-hydrogen) atoms. The van der Waals surface area contributed by atoms with Gasteiger partial charge < -0.3 is 35.2 Å². The van der Waals surface area contributed by atoms with Crippen molar-refractivity contribution in [1.29, 1.82) is 0 Å². The third-order valence-electron chi connectivity index (χ3n) is 6.32. The van der Waals surface area contributed by atoms with Crippen LogP contribution in [0, 0.1) is 11.6 Å². The summed E-state index contributed by atoms with van der Waals surface area (Å²) in [4.78, 5) is 30.0. The third-order valence-corrected chi connectivity index (χ3v) is 6.32. The molecule has 1 fully saturated rings. The number of rotatable bonds is 9. The lowest BCUT2D eigenvalue weighted by Gasteiger charge is -2.38. The Bertz CT molecular complexity index is 1310. The van der Waals surface area contributed by atoms with Crippen LogP contribution in [0.4, 0.5) is 36.3 Å². The number of ether oxygens (including phenoxy) is 2. The highest BCUT2D eigenvalue weighted by Crippen LogP contribution is 2.31. The fraction of sp³-hybridized carbons (Fsp3) is 0.286.